The van der Waals surface area contributed by atoms with Crippen LogP contribution in [-0.4, -0.2) is 23.2 Å². The maximum atomic E-state index is 11.6. The lowest BCUT2D eigenvalue weighted by atomic mass is 10.2. The van der Waals surface area contributed by atoms with Crippen molar-refractivity contribution >= 4 is 33.6 Å². The number of unbranched alkanes of at least 4 members (excludes halogenated alkanes) is 3. The average Bonchev–Trinajstić information content (AvgIpc) is 2.37. The standard InChI is InChI=1S/C13H19BrN2OS/c1-2-3-4-5-8-15-12(17)10-18-13-11(14)7-6-9-16-13/h6-7,9H,2-5,8,10H2,1H3,(H,15,17). The molecule has 3 nitrogen and oxygen atoms in total. The van der Waals surface area contributed by atoms with E-state index >= 15 is 0 Å². The van der Waals surface area contributed by atoms with Gasteiger partial charge in [-0.2, -0.15) is 0 Å². The van der Waals surface area contributed by atoms with Gasteiger partial charge in [0.15, 0.2) is 0 Å². The van der Waals surface area contributed by atoms with Crippen LogP contribution in [0.2, 0.25) is 0 Å². The minimum atomic E-state index is 0.0778. The molecule has 1 amide bonds. The highest BCUT2D eigenvalue weighted by Crippen LogP contribution is 2.24. The Hall–Kier alpha value is -0.550. The van der Waals surface area contributed by atoms with Crippen LogP contribution in [-0.2, 0) is 4.79 Å². The van der Waals surface area contributed by atoms with Crippen molar-refractivity contribution in [3.63, 3.8) is 0 Å². The van der Waals surface area contributed by atoms with Crippen molar-refractivity contribution in [1.29, 1.82) is 0 Å². The molecular formula is C13H19BrN2OS. The maximum absolute atomic E-state index is 11.6. The largest absolute Gasteiger partial charge is 0.355 e. The number of nitrogens with zero attached hydrogens (tertiary/aromatic N) is 1. The molecule has 0 saturated carbocycles. The van der Waals surface area contributed by atoms with Gasteiger partial charge in [-0.3, -0.25) is 4.79 Å². The van der Waals surface area contributed by atoms with E-state index in [1.807, 2.05) is 12.1 Å². The van der Waals surface area contributed by atoms with Gasteiger partial charge in [-0.1, -0.05) is 37.9 Å². The number of carbonyl (C=O) groups excluding carboxylic acids is 1. The third-order valence-corrected chi connectivity index (χ3v) is 4.32. The minimum absolute atomic E-state index is 0.0778. The molecule has 0 spiro atoms. The number of hydrogen-bond donors (Lipinski definition) is 1. The second-order valence-corrected chi connectivity index (χ2v) is 5.81. The van der Waals surface area contributed by atoms with Crippen molar-refractivity contribution in [3.05, 3.63) is 22.8 Å². The molecule has 0 radical (unpaired) electrons. The zero-order chi connectivity index (χ0) is 13.2. The first-order valence-corrected chi connectivity index (χ1v) is 8.02. The number of carbonyl (C=O) groups is 1. The molecule has 0 unspecified atom stereocenters. The number of amides is 1. The number of halogens is 1. The predicted octanol–water partition coefficient (Wildman–Crippen LogP) is 3.63. The molecule has 5 heteroatoms. The fourth-order valence-electron chi connectivity index (χ4n) is 1.44. The molecule has 0 bridgehead atoms. The van der Waals surface area contributed by atoms with E-state index in [1.165, 1.54) is 31.0 Å². The molecule has 0 aromatic carbocycles. The third kappa shape index (κ3) is 6.40. The first-order valence-electron chi connectivity index (χ1n) is 6.24. The Morgan fingerprint density at radius 2 is 2.28 bits per heavy atom. The van der Waals surface area contributed by atoms with Crippen molar-refractivity contribution in [2.75, 3.05) is 12.3 Å². The molecule has 0 saturated heterocycles. The predicted molar refractivity (Wildman–Crippen MR) is 79.8 cm³/mol. The van der Waals surface area contributed by atoms with Crippen LogP contribution < -0.4 is 5.32 Å². The van der Waals surface area contributed by atoms with Crippen LogP contribution in [0.3, 0.4) is 0 Å². The summed E-state index contributed by atoms with van der Waals surface area (Å²) >= 11 is 4.87. The summed E-state index contributed by atoms with van der Waals surface area (Å²) in [5.74, 6) is 0.498. The van der Waals surface area contributed by atoms with E-state index in [4.69, 9.17) is 0 Å². The molecule has 0 aliphatic carbocycles. The fraction of sp³-hybridized carbons (Fsp3) is 0.538. The fourth-order valence-corrected chi connectivity index (χ4v) is 2.75. The molecule has 1 N–H and O–H groups in total. The van der Waals surface area contributed by atoms with Crippen molar-refractivity contribution < 1.29 is 4.79 Å². The van der Waals surface area contributed by atoms with Crippen molar-refractivity contribution in [2.45, 2.75) is 37.6 Å². The number of thioether (sulfide) groups is 1. The van der Waals surface area contributed by atoms with Gasteiger partial charge in [0.1, 0.15) is 5.03 Å². The van der Waals surface area contributed by atoms with Crippen LogP contribution in [0.15, 0.2) is 27.8 Å². The van der Waals surface area contributed by atoms with Gasteiger partial charge >= 0.3 is 0 Å². The van der Waals surface area contributed by atoms with Crippen LogP contribution in [0, 0.1) is 0 Å². The number of rotatable bonds is 8. The van der Waals surface area contributed by atoms with Gasteiger partial charge < -0.3 is 5.32 Å². The van der Waals surface area contributed by atoms with Crippen LogP contribution in [0.1, 0.15) is 32.6 Å². The molecule has 1 heterocycles. The molecule has 0 aliphatic heterocycles. The first-order chi connectivity index (χ1) is 8.74. The number of nitrogens with one attached hydrogen (secondary N) is 1. The Bertz CT molecular complexity index is 374. The summed E-state index contributed by atoms with van der Waals surface area (Å²) < 4.78 is 0.936. The van der Waals surface area contributed by atoms with Crippen LogP contribution in [0.5, 0.6) is 0 Å². The first kappa shape index (κ1) is 15.5. The molecule has 0 atom stereocenters. The Kier molecular flexibility index (Phi) is 8.09. The van der Waals surface area contributed by atoms with Gasteiger partial charge in [-0.25, -0.2) is 4.98 Å². The number of pyridine rings is 1. The van der Waals surface area contributed by atoms with E-state index in [9.17, 15) is 4.79 Å². The van der Waals surface area contributed by atoms with Crippen LogP contribution in [0.4, 0.5) is 0 Å². The van der Waals surface area contributed by atoms with E-state index in [2.05, 4.69) is 33.2 Å². The van der Waals surface area contributed by atoms with E-state index < -0.39 is 0 Å². The van der Waals surface area contributed by atoms with E-state index in [0.29, 0.717) is 5.75 Å². The highest BCUT2D eigenvalue weighted by Gasteiger charge is 2.05. The van der Waals surface area contributed by atoms with Gasteiger partial charge in [0.25, 0.3) is 0 Å². The lowest BCUT2D eigenvalue weighted by Gasteiger charge is -2.05. The smallest absolute Gasteiger partial charge is 0.230 e. The second-order valence-electron chi connectivity index (χ2n) is 3.99. The molecule has 18 heavy (non-hydrogen) atoms. The average molecular weight is 331 g/mol. The van der Waals surface area contributed by atoms with Gasteiger partial charge in [-0.05, 0) is 34.5 Å². The van der Waals surface area contributed by atoms with Crippen molar-refractivity contribution in [2.24, 2.45) is 0 Å². The molecule has 0 fully saturated rings. The summed E-state index contributed by atoms with van der Waals surface area (Å²) in [4.78, 5) is 15.8. The normalized spacial score (nSPS) is 10.3. The van der Waals surface area contributed by atoms with Gasteiger partial charge in [0.05, 0.1) is 5.75 Å². The molecule has 1 aromatic heterocycles. The van der Waals surface area contributed by atoms with E-state index in [1.54, 1.807) is 6.20 Å². The highest BCUT2D eigenvalue weighted by molar-refractivity contribution is 9.10. The minimum Gasteiger partial charge on any atom is -0.355 e. The Morgan fingerprint density at radius 3 is 3.00 bits per heavy atom. The quantitative estimate of drug-likeness (QED) is 0.584. The molecule has 1 aromatic rings. The summed E-state index contributed by atoms with van der Waals surface area (Å²) in [5.41, 5.74) is 0. The summed E-state index contributed by atoms with van der Waals surface area (Å²) in [6.45, 7) is 2.96. The van der Waals surface area contributed by atoms with Crippen LogP contribution >= 0.6 is 27.7 Å². The highest BCUT2D eigenvalue weighted by atomic mass is 79.9. The Balaban J connectivity index is 2.15. The lowest BCUT2D eigenvalue weighted by molar-refractivity contribution is -0.118. The summed E-state index contributed by atoms with van der Waals surface area (Å²) in [6.07, 6.45) is 6.45. The second kappa shape index (κ2) is 9.39. The summed E-state index contributed by atoms with van der Waals surface area (Å²) in [7, 11) is 0. The zero-order valence-corrected chi connectivity index (χ0v) is 13.0. The molecular weight excluding hydrogens is 312 g/mol. The SMILES string of the molecule is CCCCCCNC(=O)CSc1ncccc1Br. The van der Waals surface area contributed by atoms with Gasteiger partial charge in [0, 0.05) is 17.2 Å². The third-order valence-electron chi connectivity index (χ3n) is 2.42. The molecule has 100 valence electrons. The molecule has 0 aliphatic rings. The summed E-state index contributed by atoms with van der Waals surface area (Å²) in [6, 6.07) is 3.79. The molecule has 1 rings (SSSR count). The van der Waals surface area contributed by atoms with E-state index in [-0.39, 0.29) is 5.91 Å². The number of hydrogen-bond acceptors (Lipinski definition) is 3. The van der Waals surface area contributed by atoms with E-state index in [0.717, 1.165) is 22.5 Å². The topological polar surface area (TPSA) is 42.0 Å². The van der Waals surface area contributed by atoms with Crippen molar-refractivity contribution in [3.8, 4) is 0 Å². The number of aromatic nitrogens is 1. The van der Waals surface area contributed by atoms with Crippen LogP contribution in [0.25, 0.3) is 0 Å². The summed E-state index contributed by atoms with van der Waals surface area (Å²) in [5, 5.41) is 3.79. The zero-order valence-electron chi connectivity index (χ0n) is 10.6. The maximum Gasteiger partial charge on any atom is 0.230 e. The van der Waals surface area contributed by atoms with Gasteiger partial charge in [0.2, 0.25) is 5.91 Å². The lowest BCUT2D eigenvalue weighted by Crippen LogP contribution is -2.26. The Labute approximate surface area is 121 Å². The Morgan fingerprint density at radius 1 is 1.44 bits per heavy atom. The monoisotopic (exact) mass is 330 g/mol. The van der Waals surface area contributed by atoms with Crippen molar-refractivity contribution in [1.82, 2.24) is 10.3 Å². The van der Waals surface area contributed by atoms with Gasteiger partial charge in [-0.15, -0.1) is 0 Å².